The molecule has 2 aliphatic rings. The van der Waals surface area contributed by atoms with E-state index in [-0.39, 0.29) is 36.5 Å². The van der Waals surface area contributed by atoms with E-state index in [1.54, 1.807) is 12.1 Å². The summed E-state index contributed by atoms with van der Waals surface area (Å²) in [6.07, 6.45) is 0.624. The molecule has 29 heavy (non-hydrogen) atoms. The maximum atomic E-state index is 13.0. The third-order valence-corrected chi connectivity index (χ3v) is 4.81. The Labute approximate surface area is 164 Å². The minimum Gasteiger partial charge on any atom is -0.408 e. The monoisotopic (exact) mass is 398 g/mol. The smallest absolute Gasteiger partial charge is 0.315 e. The average molecular weight is 398 g/mol. The highest BCUT2D eigenvalue weighted by Crippen LogP contribution is 2.30. The number of fused-ring (bicyclic) bond motifs is 1. The van der Waals surface area contributed by atoms with Crippen LogP contribution < -0.4 is 16.4 Å². The number of imide groups is 2. The first kappa shape index (κ1) is 18.7. The highest BCUT2D eigenvalue weighted by molar-refractivity contribution is 6.24. The third-order valence-electron chi connectivity index (χ3n) is 4.81. The Morgan fingerprint density at radius 3 is 2.79 bits per heavy atom. The van der Waals surface area contributed by atoms with Gasteiger partial charge in [0.05, 0.1) is 11.1 Å². The molecule has 1 unspecified atom stereocenters. The van der Waals surface area contributed by atoms with Crippen molar-refractivity contribution < 1.29 is 23.6 Å². The van der Waals surface area contributed by atoms with Gasteiger partial charge in [-0.25, -0.2) is 0 Å². The highest BCUT2D eigenvalue weighted by atomic mass is 16.4. The minimum atomic E-state index is -1.00. The second-order valence-corrected chi connectivity index (χ2v) is 6.68. The summed E-state index contributed by atoms with van der Waals surface area (Å²) >= 11 is 0. The van der Waals surface area contributed by atoms with Crippen LogP contribution >= 0.6 is 0 Å². The molecule has 3 heterocycles. The number of anilines is 1. The van der Waals surface area contributed by atoms with Crippen LogP contribution in [0.3, 0.4) is 0 Å². The van der Waals surface area contributed by atoms with Crippen molar-refractivity contribution in [3.63, 3.8) is 0 Å². The van der Waals surface area contributed by atoms with Gasteiger partial charge in [-0.2, -0.15) is 0 Å². The minimum absolute atomic E-state index is 0.0700. The molecule has 4 rings (SSSR count). The maximum Gasteiger partial charge on any atom is 0.315 e. The summed E-state index contributed by atoms with van der Waals surface area (Å²) in [5.74, 6) is -1.78. The molecule has 11 nitrogen and oxygen atoms in total. The van der Waals surface area contributed by atoms with Crippen LogP contribution in [0.5, 0.6) is 0 Å². The molecule has 0 radical (unpaired) electrons. The molecule has 150 valence electrons. The number of rotatable bonds is 6. The number of amides is 4. The molecule has 1 fully saturated rings. The van der Waals surface area contributed by atoms with E-state index in [0.717, 1.165) is 4.90 Å². The Morgan fingerprint density at radius 1 is 1.21 bits per heavy atom. The van der Waals surface area contributed by atoms with E-state index in [0.29, 0.717) is 24.4 Å². The zero-order chi connectivity index (χ0) is 20.5. The van der Waals surface area contributed by atoms with Gasteiger partial charge in [-0.1, -0.05) is 17.2 Å². The fraction of sp³-hybridized carbons (Fsp3) is 0.333. The van der Waals surface area contributed by atoms with E-state index in [1.165, 1.54) is 6.07 Å². The summed E-state index contributed by atoms with van der Waals surface area (Å²) < 4.78 is 5.39. The summed E-state index contributed by atoms with van der Waals surface area (Å²) in [4.78, 5) is 50.3. The van der Waals surface area contributed by atoms with Crippen LogP contribution in [0.1, 0.15) is 45.0 Å². The lowest BCUT2D eigenvalue weighted by molar-refractivity contribution is -0.136. The summed E-state index contributed by atoms with van der Waals surface area (Å²) in [7, 11) is 0. The lowest BCUT2D eigenvalue weighted by Crippen LogP contribution is -2.54. The molecule has 4 N–H and O–H groups in total. The van der Waals surface area contributed by atoms with Crippen molar-refractivity contribution >= 4 is 29.6 Å². The second kappa shape index (κ2) is 7.43. The Bertz CT molecular complexity index is 1020. The second-order valence-electron chi connectivity index (χ2n) is 6.68. The average Bonchev–Trinajstić information content (AvgIpc) is 3.24. The molecule has 1 atom stereocenters. The van der Waals surface area contributed by atoms with Gasteiger partial charge in [0.2, 0.25) is 17.7 Å². The quantitative estimate of drug-likeness (QED) is 0.549. The fourth-order valence-corrected chi connectivity index (χ4v) is 3.45. The maximum absolute atomic E-state index is 13.0. The van der Waals surface area contributed by atoms with Crippen molar-refractivity contribution in [2.75, 3.05) is 11.9 Å². The molecule has 4 amide bonds. The van der Waals surface area contributed by atoms with Crippen molar-refractivity contribution in [1.82, 2.24) is 20.4 Å². The van der Waals surface area contributed by atoms with Crippen LogP contribution in [0.25, 0.3) is 0 Å². The van der Waals surface area contributed by atoms with Gasteiger partial charge >= 0.3 is 6.01 Å². The summed E-state index contributed by atoms with van der Waals surface area (Å²) in [5.41, 5.74) is 6.43. The lowest BCUT2D eigenvalue weighted by atomic mass is 10.0. The van der Waals surface area contributed by atoms with Crippen LogP contribution in [0, 0.1) is 0 Å². The lowest BCUT2D eigenvalue weighted by Gasteiger charge is -2.27. The summed E-state index contributed by atoms with van der Waals surface area (Å²) in [6.45, 7) is 0.538. The van der Waals surface area contributed by atoms with Gasteiger partial charge in [0.15, 0.2) is 0 Å². The molecular formula is C18H18N6O5. The molecule has 0 spiro atoms. The first-order valence-electron chi connectivity index (χ1n) is 9.09. The number of nitrogens with two attached hydrogens (primary N) is 1. The van der Waals surface area contributed by atoms with E-state index in [4.69, 9.17) is 10.2 Å². The molecule has 2 aromatic rings. The van der Waals surface area contributed by atoms with Gasteiger partial charge in [-0.15, -0.1) is 5.10 Å². The molecule has 11 heteroatoms. The van der Waals surface area contributed by atoms with Gasteiger partial charge in [0, 0.05) is 25.9 Å². The van der Waals surface area contributed by atoms with Crippen molar-refractivity contribution in [1.29, 1.82) is 0 Å². The van der Waals surface area contributed by atoms with Crippen molar-refractivity contribution in [2.24, 2.45) is 5.73 Å². The summed E-state index contributed by atoms with van der Waals surface area (Å²) in [6, 6.07) is 4.06. The van der Waals surface area contributed by atoms with E-state index in [1.807, 2.05) is 0 Å². The number of piperidine rings is 1. The van der Waals surface area contributed by atoms with Crippen molar-refractivity contribution in [3.8, 4) is 0 Å². The van der Waals surface area contributed by atoms with Gasteiger partial charge < -0.3 is 15.5 Å². The SMILES string of the molecule is NCCc1nnc(NCc2cccc3c2C(=O)N(C2CCC(=O)NC2=O)C3=O)o1. The van der Waals surface area contributed by atoms with Crippen LogP contribution in [0.4, 0.5) is 6.01 Å². The number of hydrogen-bond donors (Lipinski definition) is 3. The third kappa shape index (κ3) is 3.36. The highest BCUT2D eigenvalue weighted by Gasteiger charge is 2.45. The van der Waals surface area contributed by atoms with Crippen molar-refractivity contribution in [3.05, 3.63) is 40.8 Å². The largest absolute Gasteiger partial charge is 0.408 e. The molecule has 0 aliphatic carbocycles. The van der Waals surface area contributed by atoms with Gasteiger partial charge in [0.25, 0.3) is 11.8 Å². The zero-order valence-corrected chi connectivity index (χ0v) is 15.3. The van der Waals surface area contributed by atoms with Crippen molar-refractivity contribution in [2.45, 2.75) is 31.8 Å². The number of aromatic nitrogens is 2. The number of hydrogen-bond acceptors (Lipinski definition) is 9. The van der Waals surface area contributed by atoms with E-state index in [9.17, 15) is 19.2 Å². The predicted octanol–water partition coefficient (Wildman–Crippen LogP) is -0.416. The molecule has 0 bridgehead atoms. The standard InChI is InChI=1S/C18H18N6O5/c19-7-6-13-22-23-18(29-13)20-8-9-2-1-3-10-14(9)17(28)24(16(10)27)11-4-5-12(25)21-15(11)26/h1-3,11H,4-8,19H2,(H,20,23)(H,21,25,26). The number of carbonyl (C=O) groups is 4. The fourth-order valence-electron chi connectivity index (χ4n) is 3.45. The summed E-state index contributed by atoms with van der Waals surface area (Å²) in [5, 5.41) is 12.8. The normalized spacial score (nSPS) is 18.8. The van der Waals surface area contributed by atoms with Crippen LogP contribution in [0.2, 0.25) is 0 Å². The van der Waals surface area contributed by atoms with Gasteiger partial charge in [-0.05, 0) is 18.1 Å². The number of nitrogens with one attached hydrogen (secondary N) is 2. The topological polar surface area (TPSA) is 161 Å². The van der Waals surface area contributed by atoms with Crippen LogP contribution in [0.15, 0.2) is 22.6 Å². The molecule has 1 saturated heterocycles. The number of nitrogens with zero attached hydrogens (tertiary/aromatic N) is 3. The predicted molar refractivity (Wildman–Crippen MR) is 97.5 cm³/mol. The van der Waals surface area contributed by atoms with Gasteiger partial charge in [-0.3, -0.25) is 29.4 Å². The van der Waals surface area contributed by atoms with Gasteiger partial charge in [0.1, 0.15) is 6.04 Å². The Balaban J connectivity index is 1.56. The molecule has 1 aromatic carbocycles. The van der Waals surface area contributed by atoms with E-state index < -0.39 is 29.7 Å². The molecular weight excluding hydrogens is 380 g/mol. The first-order chi connectivity index (χ1) is 14.0. The Kier molecular flexibility index (Phi) is 4.80. The van der Waals surface area contributed by atoms with Crippen LogP contribution in [-0.4, -0.2) is 51.3 Å². The Morgan fingerprint density at radius 2 is 2.03 bits per heavy atom. The number of benzene rings is 1. The molecule has 2 aliphatic heterocycles. The molecule has 0 saturated carbocycles. The van der Waals surface area contributed by atoms with Crippen LogP contribution in [-0.2, 0) is 22.6 Å². The first-order valence-corrected chi connectivity index (χ1v) is 9.09. The number of carbonyl (C=O) groups excluding carboxylic acids is 4. The zero-order valence-electron chi connectivity index (χ0n) is 15.3. The molecule has 1 aromatic heterocycles. The Hall–Kier alpha value is -3.60. The van der Waals surface area contributed by atoms with E-state index in [2.05, 4.69) is 20.8 Å². The van der Waals surface area contributed by atoms with E-state index >= 15 is 0 Å².